The number of benzene rings is 1. The zero-order valence-corrected chi connectivity index (χ0v) is 10.2. The molecule has 17 heavy (non-hydrogen) atoms. The number of hydrogen-bond donors (Lipinski definition) is 0. The van der Waals surface area contributed by atoms with Crippen molar-refractivity contribution in [2.24, 2.45) is 0 Å². The maximum atomic E-state index is 9.13. The molecule has 1 heterocycles. The molecule has 2 rings (SSSR count). The Morgan fingerprint density at radius 2 is 2.35 bits per heavy atom. The molecule has 2 unspecified atom stereocenters. The highest BCUT2D eigenvalue weighted by molar-refractivity contribution is 6.30. The zero-order valence-electron chi connectivity index (χ0n) is 9.43. The first-order valence-electron chi connectivity index (χ1n) is 5.72. The summed E-state index contributed by atoms with van der Waals surface area (Å²) < 4.78 is 11.1. The van der Waals surface area contributed by atoms with Crippen molar-refractivity contribution in [2.45, 2.75) is 31.7 Å². The molecule has 3 nitrogen and oxygen atoms in total. The quantitative estimate of drug-likeness (QED) is 0.826. The van der Waals surface area contributed by atoms with Gasteiger partial charge in [-0.1, -0.05) is 23.7 Å². The molecule has 1 aromatic carbocycles. The van der Waals surface area contributed by atoms with Crippen molar-refractivity contribution in [3.63, 3.8) is 0 Å². The van der Waals surface area contributed by atoms with Crippen LogP contribution in [0.25, 0.3) is 0 Å². The van der Waals surface area contributed by atoms with Gasteiger partial charge in [0.05, 0.1) is 6.07 Å². The van der Waals surface area contributed by atoms with Crippen LogP contribution in [0.3, 0.4) is 0 Å². The molecule has 0 aromatic heterocycles. The molecule has 1 aliphatic rings. The average molecular weight is 252 g/mol. The Kier molecular flexibility index (Phi) is 4.38. The van der Waals surface area contributed by atoms with Crippen LogP contribution in [0.5, 0.6) is 0 Å². The fraction of sp³-hybridized carbons (Fsp3) is 0.462. The van der Waals surface area contributed by atoms with Gasteiger partial charge in [0.1, 0.15) is 0 Å². The molecule has 1 aliphatic heterocycles. The predicted octanol–water partition coefficient (Wildman–Crippen LogP) is 3.45. The molecular formula is C13H14ClNO2. The number of hydrogen-bond acceptors (Lipinski definition) is 3. The van der Waals surface area contributed by atoms with E-state index >= 15 is 0 Å². The fourth-order valence-electron chi connectivity index (χ4n) is 1.82. The van der Waals surface area contributed by atoms with E-state index in [1.54, 1.807) is 12.1 Å². The van der Waals surface area contributed by atoms with Gasteiger partial charge in [0.25, 0.3) is 0 Å². The van der Waals surface area contributed by atoms with Crippen LogP contribution in [0.4, 0.5) is 0 Å². The van der Waals surface area contributed by atoms with E-state index in [1.165, 1.54) is 0 Å². The van der Waals surface area contributed by atoms with Crippen LogP contribution < -0.4 is 0 Å². The third-order valence-electron chi connectivity index (χ3n) is 2.69. The molecule has 1 saturated heterocycles. The summed E-state index contributed by atoms with van der Waals surface area (Å²) in [5.74, 6) is 0. The highest BCUT2D eigenvalue weighted by Crippen LogP contribution is 2.25. The van der Waals surface area contributed by atoms with Crippen molar-refractivity contribution in [1.29, 1.82) is 5.26 Å². The largest absolute Gasteiger partial charge is 0.353 e. The van der Waals surface area contributed by atoms with Gasteiger partial charge in [-0.05, 0) is 37.0 Å². The first kappa shape index (κ1) is 12.4. The van der Waals surface area contributed by atoms with E-state index < -0.39 is 6.10 Å². The zero-order chi connectivity index (χ0) is 12.1. The first-order valence-corrected chi connectivity index (χ1v) is 6.09. The highest BCUT2D eigenvalue weighted by atomic mass is 35.5. The van der Waals surface area contributed by atoms with E-state index in [-0.39, 0.29) is 6.29 Å². The maximum Gasteiger partial charge on any atom is 0.172 e. The number of rotatable bonds is 3. The standard InChI is InChI=1S/C13H14ClNO2/c14-11-5-3-4-10(8-11)12(9-15)17-13-6-1-2-7-16-13/h3-5,8,12-13H,1-2,6-7H2. The minimum atomic E-state index is -0.614. The summed E-state index contributed by atoms with van der Waals surface area (Å²) in [7, 11) is 0. The molecule has 0 N–H and O–H groups in total. The Labute approximate surface area is 106 Å². The minimum absolute atomic E-state index is 0.271. The minimum Gasteiger partial charge on any atom is -0.353 e. The van der Waals surface area contributed by atoms with E-state index in [1.807, 2.05) is 12.1 Å². The third kappa shape index (κ3) is 3.44. The topological polar surface area (TPSA) is 42.2 Å². The molecule has 0 saturated carbocycles. The van der Waals surface area contributed by atoms with E-state index in [2.05, 4.69) is 6.07 Å². The average Bonchev–Trinajstić information content (AvgIpc) is 2.37. The van der Waals surface area contributed by atoms with Crippen LogP contribution >= 0.6 is 11.6 Å². The van der Waals surface area contributed by atoms with E-state index in [0.29, 0.717) is 11.6 Å². The van der Waals surface area contributed by atoms with Gasteiger partial charge >= 0.3 is 0 Å². The maximum absolute atomic E-state index is 9.13. The van der Waals surface area contributed by atoms with Crippen LogP contribution in [0, 0.1) is 11.3 Å². The summed E-state index contributed by atoms with van der Waals surface area (Å²) in [4.78, 5) is 0. The molecule has 4 heteroatoms. The van der Waals surface area contributed by atoms with Gasteiger partial charge in [0.2, 0.25) is 0 Å². The van der Waals surface area contributed by atoms with Crippen LogP contribution in [0.2, 0.25) is 5.02 Å². The lowest BCUT2D eigenvalue weighted by Crippen LogP contribution is -2.24. The smallest absolute Gasteiger partial charge is 0.172 e. The Bertz CT molecular complexity index is 410. The second-order valence-corrected chi connectivity index (χ2v) is 4.43. The summed E-state index contributed by atoms with van der Waals surface area (Å²) in [6.07, 6.45) is 2.11. The Morgan fingerprint density at radius 3 is 3.00 bits per heavy atom. The Morgan fingerprint density at radius 1 is 1.47 bits per heavy atom. The Hall–Kier alpha value is -1.08. The monoisotopic (exact) mass is 251 g/mol. The van der Waals surface area contributed by atoms with Gasteiger partial charge in [-0.2, -0.15) is 5.26 Å². The lowest BCUT2D eigenvalue weighted by molar-refractivity contribution is -0.178. The second-order valence-electron chi connectivity index (χ2n) is 4.00. The number of nitriles is 1. The van der Waals surface area contributed by atoms with E-state index in [4.69, 9.17) is 26.3 Å². The Balaban J connectivity index is 2.03. The van der Waals surface area contributed by atoms with Crippen LogP contribution in [0.1, 0.15) is 30.9 Å². The van der Waals surface area contributed by atoms with Gasteiger partial charge in [0, 0.05) is 11.6 Å². The lowest BCUT2D eigenvalue weighted by Gasteiger charge is -2.25. The molecule has 1 aromatic rings. The van der Waals surface area contributed by atoms with Crippen molar-refractivity contribution in [3.05, 3.63) is 34.9 Å². The summed E-state index contributed by atoms with van der Waals surface area (Å²) in [6, 6.07) is 9.30. The molecule has 0 amide bonds. The van der Waals surface area contributed by atoms with Gasteiger partial charge in [-0.15, -0.1) is 0 Å². The van der Waals surface area contributed by atoms with Gasteiger partial charge in [-0.3, -0.25) is 0 Å². The first-order chi connectivity index (χ1) is 8.29. The second kappa shape index (κ2) is 6.02. The van der Waals surface area contributed by atoms with E-state index in [9.17, 15) is 0 Å². The van der Waals surface area contributed by atoms with Gasteiger partial charge in [-0.25, -0.2) is 0 Å². The normalized spacial score (nSPS) is 21.8. The van der Waals surface area contributed by atoms with Crippen molar-refractivity contribution < 1.29 is 9.47 Å². The molecule has 0 spiro atoms. The van der Waals surface area contributed by atoms with Gasteiger partial charge in [0.15, 0.2) is 12.4 Å². The molecule has 1 fully saturated rings. The number of halogens is 1. The number of nitrogens with zero attached hydrogens (tertiary/aromatic N) is 1. The molecule has 0 bridgehead atoms. The molecule has 2 atom stereocenters. The van der Waals surface area contributed by atoms with Crippen LogP contribution in [0.15, 0.2) is 24.3 Å². The van der Waals surface area contributed by atoms with Crippen LogP contribution in [-0.2, 0) is 9.47 Å². The number of ether oxygens (including phenoxy) is 2. The van der Waals surface area contributed by atoms with Crippen molar-refractivity contribution in [2.75, 3.05) is 6.61 Å². The third-order valence-corrected chi connectivity index (χ3v) is 2.93. The van der Waals surface area contributed by atoms with Crippen molar-refractivity contribution >= 4 is 11.6 Å². The lowest BCUT2D eigenvalue weighted by atomic mass is 10.1. The predicted molar refractivity (Wildman–Crippen MR) is 64.5 cm³/mol. The van der Waals surface area contributed by atoms with Crippen molar-refractivity contribution in [3.8, 4) is 6.07 Å². The summed E-state index contributed by atoms with van der Waals surface area (Å²) >= 11 is 5.89. The molecule has 0 aliphatic carbocycles. The molecule has 0 radical (unpaired) electrons. The molecular weight excluding hydrogens is 238 g/mol. The summed E-state index contributed by atoms with van der Waals surface area (Å²) in [5, 5.41) is 9.73. The SMILES string of the molecule is N#CC(OC1CCCCO1)c1cccc(Cl)c1. The summed E-state index contributed by atoms with van der Waals surface area (Å²) in [5.41, 5.74) is 0.772. The molecule has 90 valence electrons. The van der Waals surface area contributed by atoms with Crippen molar-refractivity contribution in [1.82, 2.24) is 0 Å². The van der Waals surface area contributed by atoms with E-state index in [0.717, 1.165) is 24.8 Å². The highest BCUT2D eigenvalue weighted by Gasteiger charge is 2.20. The summed E-state index contributed by atoms with van der Waals surface area (Å²) in [6.45, 7) is 0.707. The van der Waals surface area contributed by atoms with Crippen LogP contribution in [-0.4, -0.2) is 12.9 Å². The van der Waals surface area contributed by atoms with Gasteiger partial charge < -0.3 is 9.47 Å². The fourth-order valence-corrected chi connectivity index (χ4v) is 2.02.